The summed E-state index contributed by atoms with van der Waals surface area (Å²) in [5.74, 6) is -0.164. The van der Waals surface area contributed by atoms with E-state index < -0.39 is 6.04 Å². The van der Waals surface area contributed by atoms with Crippen LogP contribution >= 0.6 is 23.2 Å². The molecule has 0 aliphatic carbocycles. The number of nitrogens with zero attached hydrogens (tertiary/aromatic N) is 1. The summed E-state index contributed by atoms with van der Waals surface area (Å²) < 4.78 is 5.47. The molecular formula is C15H16Cl2N2O2. The Balaban J connectivity index is 1.90. The number of nitriles is 1. The Bertz CT molecular complexity index is 551. The molecule has 1 fully saturated rings. The fourth-order valence-corrected chi connectivity index (χ4v) is 2.59. The van der Waals surface area contributed by atoms with Crippen LogP contribution in [0.2, 0.25) is 10.0 Å². The SMILES string of the molecule is N#C[C@@H](NC(=O)CC[C@H]1CCCO1)c1ccc(Cl)c(Cl)c1. The molecule has 0 spiro atoms. The van der Waals surface area contributed by atoms with Crippen LogP contribution in [-0.2, 0) is 9.53 Å². The van der Waals surface area contributed by atoms with E-state index in [1.54, 1.807) is 18.2 Å². The van der Waals surface area contributed by atoms with Crippen molar-refractivity contribution in [3.8, 4) is 6.07 Å². The molecule has 4 nitrogen and oxygen atoms in total. The van der Waals surface area contributed by atoms with Crippen LogP contribution in [0.5, 0.6) is 0 Å². The predicted octanol–water partition coefficient (Wildman–Crippen LogP) is 3.63. The number of halogens is 2. The second-order valence-corrected chi connectivity index (χ2v) is 5.79. The first-order valence-electron chi connectivity index (χ1n) is 6.85. The van der Waals surface area contributed by atoms with Crippen molar-refractivity contribution in [1.29, 1.82) is 5.26 Å². The zero-order valence-electron chi connectivity index (χ0n) is 11.4. The molecule has 1 amide bonds. The van der Waals surface area contributed by atoms with Gasteiger partial charge in [-0.05, 0) is 37.0 Å². The van der Waals surface area contributed by atoms with Gasteiger partial charge in [0.05, 0.1) is 22.2 Å². The molecule has 2 rings (SSSR count). The van der Waals surface area contributed by atoms with Gasteiger partial charge in [-0.3, -0.25) is 4.79 Å². The van der Waals surface area contributed by atoms with E-state index in [0.717, 1.165) is 19.4 Å². The van der Waals surface area contributed by atoms with Crippen LogP contribution in [0.1, 0.15) is 37.3 Å². The molecule has 0 bridgehead atoms. The molecule has 0 aromatic heterocycles. The van der Waals surface area contributed by atoms with E-state index in [4.69, 9.17) is 27.9 Å². The third-order valence-electron chi connectivity index (χ3n) is 3.43. The van der Waals surface area contributed by atoms with E-state index in [1.807, 2.05) is 0 Å². The summed E-state index contributed by atoms with van der Waals surface area (Å²) in [7, 11) is 0. The fraction of sp³-hybridized carbons (Fsp3) is 0.467. The van der Waals surface area contributed by atoms with Gasteiger partial charge in [-0.1, -0.05) is 29.3 Å². The Labute approximate surface area is 134 Å². The number of hydrogen-bond donors (Lipinski definition) is 1. The van der Waals surface area contributed by atoms with Crippen LogP contribution in [0.25, 0.3) is 0 Å². The molecule has 0 unspecified atom stereocenters. The third kappa shape index (κ3) is 4.60. The van der Waals surface area contributed by atoms with E-state index in [0.29, 0.717) is 28.5 Å². The summed E-state index contributed by atoms with van der Waals surface area (Å²) in [6, 6.07) is 6.23. The van der Waals surface area contributed by atoms with Crippen LogP contribution in [0.15, 0.2) is 18.2 Å². The fourth-order valence-electron chi connectivity index (χ4n) is 2.28. The van der Waals surface area contributed by atoms with Crippen molar-refractivity contribution in [2.24, 2.45) is 0 Å². The van der Waals surface area contributed by atoms with Crippen molar-refractivity contribution in [3.63, 3.8) is 0 Å². The van der Waals surface area contributed by atoms with E-state index in [2.05, 4.69) is 11.4 Å². The summed E-state index contributed by atoms with van der Waals surface area (Å²) >= 11 is 11.8. The van der Waals surface area contributed by atoms with Crippen LogP contribution in [0, 0.1) is 11.3 Å². The zero-order chi connectivity index (χ0) is 15.2. The number of rotatable bonds is 5. The zero-order valence-corrected chi connectivity index (χ0v) is 13.0. The molecule has 21 heavy (non-hydrogen) atoms. The highest BCUT2D eigenvalue weighted by Crippen LogP contribution is 2.25. The van der Waals surface area contributed by atoms with Gasteiger partial charge in [-0.2, -0.15) is 5.26 Å². The van der Waals surface area contributed by atoms with Crippen LogP contribution in [-0.4, -0.2) is 18.6 Å². The lowest BCUT2D eigenvalue weighted by Crippen LogP contribution is -2.28. The quantitative estimate of drug-likeness (QED) is 0.898. The topological polar surface area (TPSA) is 62.1 Å². The minimum absolute atomic E-state index is 0.164. The van der Waals surface area contributed by atoms with Crippen molar-refractivity contribution < 1.29 is 9.53 Å². The first kappa shape index (κ1) is 16.1. The molecule has 1 aromatic carbocycles. The van der Waals surface area contributed by atoms with Crippen LogP contribution in [0.3, 0.4) is 0 Å². The van der Waals surface area contributed by atoms with Crippen molar-refractivity contribution >= 4 is 29.1 Å². The standard InChI is InChI=1S/C15H16Cl2N2O2/c16-12-5-3-10(8-13(12)17)14(9-18)19-15(20)6-4-11-2-1-7-21-11/h3,5,8,11,14H,1-2,4,6-7H2,(H,19,20)/t11-,14-/m1/s1. The Kier molecular flexibility index (Phi) is 5.86. The number of carbonyl (C=O) groups excluding carboxylic acids is 1. The number of nitrogens with one attached hydrogen (secondary N) is 1. The molecule has 112 valence electrons. The molecule has 2 atom stereocenters. The molecule has 1 aliphatic rings. The average molecular weight is 327 g/mol. The highest BCUT2D eigenvalue weighted by Gasteiger charge is 2.19. The summed E-state index contributed by atoms with van der Waals surface area (Å²) in [4.78, 5) is 11.9. The monoisotopic (exact) mass is 326 g/mol. The maximum Gasteiger partial charge on any atom is 0.221 e. The number of hydrogen-bond acceptors (Lipinski definition) is 3. The Morgan fingerprint density at radius 3 is 2.90 bits per heavy atom. The molecule has 1 aromatic rings. The number of amides is 1. The third-order valence-corrected chi connectivity index (χ3v) is 4.17. The number of benzene rings is 1. The highest BCUT2D eigenvalue weighted by molar-refractivity contribution is 6.42. The van der Waals surface area contributed by atoms with Crippen molar-refractivity contribution in [1.82, 2.24) is 5.32 Å². The molecule has 0 radical (unpaired) electrons. The van der Waals surface area contributed by atoms with Gasteiger partial charge < -0.3 is 10.1 Å². The second-order valence-electron chi connectivity index (χ2n) is 4.98. The normalized spacial score (nSPS) is 19.0. The van der Waals surface area contributed by atoms with Gasteiger partial charge in [0.25, 0.3) is 0 Å². The first-order valence-corrected chi connectivity index (χ1v) is 7.61. The van der Waals surface area contributed by atoms with Gasteiger partial charge in [-0.15, -0.1) is 0 Å². The lowest BCUT2D eigenvalue weighted by atomic mass is 10.1. The van der Waals surface area contributed by atoms with E-state index in [1.165, 1.54) is 0 Å². The Hall–Kier alpha value is -1.28. The molecule has 1 N–H and O–H groups in total. The highest BCUT2D eigenvalue weighted by atomic mass is 35.5. The molecule has 1 heterocycles. The smallest absolute Gasteiger partial charge is 0.221 e. The minimum Gasteiger partial charge on any atom is -0.378 e. The van der Waals surface area contributed by atoms with Gasteiger partial charge in [0, 0.05) is 13.0 Å². The summed E-state index contributed by atoms with van der Waals surface area (Å²) in [5.41, 5.74) is 0.623. The molecule has 0 saturated carbocycles. The van der Waals surface area contributed by atoms with Crippen LogP contribution < -0.4 is 5.32 Å². The predicted molar refractivity (Wildman–Crippen MR) is 81.2 cm³/mol. The van der Waals surface area contributed by atoms with Gasteiger partial charge in [0.15, 0.2) is 0 Å². The van der Waals surface area contributed by atoms with E-state index in [-0.39, 0.29) is 12.0 Å². The minimum atomic E-state index is -0.725. The lowest BCUT2D eigenvalue weighted by molar-refractivity contribution is -0.122. The van der Waals surface area contributed by atoms with Gasteiger partial charge in [-0.25, -0.2) is 0 Å². The van der Waals surface area contributed by atoms with Crippen molar-refractivity contribution in [3.05, 3.63) is 33.8 Å². The van der Waals surface area contributed by atoms with Crippen molar-refractivity contribution in [2.75, 3.05) is 6.61 Å². The summed E-state index contributed by atoms with van der Waals surface area (Å²) in [6.07, 6.45) is 3.26. The van der Waals surface area contributed by atoms with E-state index >= 15 is 0 Å². The number of carbonyl (C=O) groups is 1. The van der Waals surface area contributed by atoms with Crippen molar-refractivity contribution in [2.45, 2.75) is 37.8 Å². The molecule has 1 saturated heterocycles. The largest absolute Gasteiger partial charge is 0.378 e. The maximum atomic E-state index is 11.9. The Morgan fingerprint density at radius 1 is 1.48 bits per heavy atom. The Morgan fingerprint density at radius 2 is 2.29 bits per heavy atom. The molecule has 6 heteroatoms. The molecular weight excluding hydrogens is 311 g/mol. The summed E-state index contributed by atoms with van der Waals surface area (Å²) in [5, 5.41) is 12.7. The van der Waals surface area contributed by atoms with Gasteiger partial charge in [0.2, 0.25) is 5.91 Å². The van der Waals surface area contributed by atoms with Gasteiger partial charge in [0.1, 0.15) is 6.04 Å². The number of ether oxygens (including phenoxy) is 1. The second kappa shape index (κ2) is 7.65. The first-order chi connectivity index (χ1) is 10.1. The average Bonchev–Trinajstić information content (AvgIpc) is 2.99. The maximum absolute atomic E-state index is 11.9. The molecule has 1 aliphatic heterocycles. The van der Waals surface area contributed by atoms with Crippen LogP contribution in [0.4, 0.5) is 0 Å². The summed E-state index contributed by atoms with van der Waals surface area (Å²) in [6.45, 7) is 0.774. The van der Waals surface area contributed by atoms with Gasteiger partial charge >= 0.3 is 0 Å². The van der Waals surface area contributed by atoms with E-state index in [9.17, 15) is 10.1 Å². The lowest BCUT2D eigenvalue weighted by Gasteiger charge is -2.14.